The van der Waals surface area contributed by atoms with Crippen LogP contribution in [0.1, 0.15) is 5.56 Å². The fourth-order valence-corrected chi connectivity index (χ4v) is 3.40. The molecule has 2 N–H and O–H groups in total. The van der Waals surface area contributed by atoms with E-state index in [2.05, 4.69) is 0 Å². The average molecular weight is 397 g/mol. The standard InChI is InChI=1S/C22H23NO4S/c1-28(24,25)20-9-5-8-18(14-20)19-10-11-21(26-13-12-23)22(15-19)27-16-17-6-3-2-4-7-17/h2-11,14-15H,12-13,16,23H2,1H3. The molecule has 0 bridgehead atoms. The van der Waals surface area contributed by atoms with Crippen LogP contribution in [-0.2, 0) is 16.4 Å². The van der Waals surface area contributed by atoms with Gasteiger partial charge in [-0.15, -0.1) is 0 Å². The number of nitrogens with two attached hydrogens (primary N) is 1. The van der Waals surface area contributed by atoms with Gasteiger partial charge in [0.1, 0.15) is 13.2 Å². The van der Waals surface area contributed by atoms with Gasteiger partial charge in [0.15, 0.2) is 21.3 Å². The highest BCUT2D eigenvalue weighted by atomic mass is 32.2. The van der Waals surface area contributed by atoms with E-state index in [9.17, 15) is 8.42 Å². The molecular weight excluding hydrogens is 374 g/mol. The van der Waals surface area contributed by atoms with Crippen molar-refractivity contribution >= 4 is 9.84 Å². The van der Waals surface area contributed by atoms with Gasteiger partial charge in [0.2, 0.25) is 0 Å². The monoisotopic (exact) mass is 397 g/mol. The molecule has 3 aromatic carbocycles. The Morgan fingerprint density at radius 1 is 0.821 bits per heavy atom. The maximum absolute atomic E-state index is 11.9. The van der Waals surface area contributed by atoms with Crippen molar-refractivity contribution in [2.75, 3.05) is 19.4 Å². The molecule has 0 aliphatic carbocycles. The highest BCUT2D eigenvalue weighted by Gasteiger charge is 2.12. The summed E-state index contributed by atoms with van der Waals surface area (Å²) in [5.41, 5.74) is 8.22. The number of hydrogen-bond acceptors (Lipinski definition) is 5. The average Bonchev–Trinajstić information content (AvgIpc) is 2.71. The van der Waals surface area contributed by atoms with Crippen LogP contribution in [0.3, 0.4) is 0 Å². The first-order valence-electron chi connectivity index (χ1n) is 8.91. The van der Waals surface area contributed by atoms with E-state index in [4.69, 9.17) is 15.2 Å². The van der Waals surface area contributed by atoms with Crippen LogP contribution in [-0.4, -0.2) is 27.8 Å². The molecule has 0 saturated carbocycles. The van der Waals surface area contributed by atoms with Crippen LogP contribution in [0.5, 0.6) is 11.5 Å². The van der Waals surface area contributed by atoms with Crippen molar-refractivity contribution in [3.05, 3.63) is 78.4 Å². The first-order valence-corrected chi connectivity index (χ1v) is 10.8. The Morgan fingerprint density at radius 2 is 1.57 bits per heavy atom. The summed E-state index contributed by atoms with van der Waals surface area (Å²) in [6.07, 6.45) is 1.20. The van der Waals surface area contributed by atoms with Gasteiger partial charge in [-0.05, 0) is 41.0 Å². The van der Waals surface area contributed by atoms with Crippen LogP contribution in [0.15, 0.2) is 77.7 Å². The summed E-state index contributed by atoms with van der Waals surface area (Å²) in [5.74, 6) is 1.18. The van der Waals surface area contributed by atoms with Gasteiger partial charge in [-0.1, -0.05) is 48.5 Å². The van der Waals surface area contributed by atoms with E-state index in [0.717, 1.165) is 16.7 Å². The minimum Gasteiger partial charge on any atom is -0.488 e. The van der Waals surface area contributed by atoms with Crippen LogP contribution < -0.4 is 15.2 Å². The SMILES string of the molecule is CS(=O)(=O)c1cccc(-c2ccc(OCCN)c(OCc3ccccc3)c2)c1. The molecule has 0 spiro atoms. The summed E-state index contributed by atoms with van der Waals surface area (Å²) in [4.78, 5) is 0.278. The van der Waals surface area contributed by atoms with E-state index < -0.39 is 9.84 Å². The number of rotatable bonds is 8. The third-order valence-electron chi connectivity index (χ3n) is 4.15. The summed E-state index contributed by atoms with van der Waals surface area (Å²) in [6.45, 7) is 1.17. The summed E-state index contributed by atoms with van der Waals surface area (Å²) in [5, 5.41) is 0. The van der Waals surface area contributed by atoms with Crippen LogP contribution in [0.2, 0.25) is 0 Å². The highest BCUT2D eigenvalue weighted by molar-refractivity contribution is 7.90. The third-order valence-corrected chi connectivity index (χ3v) is 5.26. The van der Waals surface area contributed by atoms with Crippen LogP contribution >= 0.6 is 0 Å². The summed E-state index contributed by atoms with van der Waals surface area (Å²) >= 11 is 0. The quantitative estimate of drug-likeness (QED) is 0.627. The number of hydrogen-bond donors (Lipinski definition) is 1. The largest absolute Gasteiger partial charge is 0.488 e. The van der Waals surface area contributed by atoms with Gasteiger partial charge in [-0.2, -0.15) is 0 Å². The lowest BCUT2D eigenvalue weighted by atomic mass is 10.1. The van der Waals surface area contributed by atoms with Crippen LogP contribution in [0, 0.1) is 0 Å². The van der Waals surface area contributed by atoms with Gasteiger partial charge in [-0.25, -0.2) is 8.42 Å². The zero-order valence-electron chi connectivity index (χ0n) is 15.7. The number of ether oxygens (including phenoxy) is 2. The molecule has 0 atom stereocenters. The Labute approximate surface area is 165 Å². The van der Waals surface area contributed by atoms with Crippen molar-refractivity contribution in [3.8, 4) is 22.6 Å². The molecule has 0 saturated heterocycles. The normalized spacial score (nSPS) is 11.2. The van der Waals surface area contributed by atoms with Crippen molar-refractivity contribution < 1.29 is 17.9 Å². The van der Waals surface area contributed by atoms with Crippen LogP contribution in [0.25, 0.3) is 11.1 Å². The van der Waals surface area contributed by atoms with E-state index >= 15 is 0 Å². The first kappa shape index (κ1) is 19.9. The predicted molar refractivity (Wildman–Crippen MR) is 110 cm³/mol. The zero-order valence-corrected chi connectivity index (χ0v) is 16.5. The minimum absolute atomic E-state index is 0.278. The fraction of sp³-hybridized carbons (Fsp3) is 0.182. The van der Waals surface area contributed by atoms with Gasteiger partial charge in [0.25, 0.3) is 0 Å². The topological polar surface area (TPSA) is 78.6 Å². The second-order valence-corrected chi connectivity index (χ2v) is 8.39. The maximum atomic E-state index is 11.9. The molecule has 0 aliphatic heterocycles. The maximum Gasteiger partial charge on any atom is 0.175 e. The molecule has 6 heteroatoms. The molecule has 0 aliphatic rings. The molecule has 0 unspecified atom stereocenters. The highest BCUT2D eigenvalue weighted by Crippen LogP contribution is 2.34. The predicted octanol–water partition coefficient (Wildman–Crippen LogP) is 3.67. The van der Waals surface area contributed by atoms with Gasteiger partial charge < -0.3 is 15.2 Å². The summed E-state index contributed by atoms with van der Waals surface area (Å²) in [7, 11) is -3.28. The lowest BCUT2D eigenvalue weighted by Gasteiger charge is -2.14. The van der Waals surface area contributed by atoms with E-state index in [0.29, 0.717) is 31.3 Å². The summed E-state index contributed by atoms with van der Waals surface area (Å²) < 4.78 is 35.4. The van der Waals surface area contributed by atoms with E-state index in [1.165, 1.54) is 6.26 Å². The van der Waals surface area contributed by atoms with Gasteiger partial charge in [-0.3, -0.25) is 0 Å². The van der Waals surface area contributed by atoms with Crippen molar-refractivity contribution in [3.63, 3.8) is 0 Å². The second-order valence-electron chi connectivity index (χ2n) is 6.37. The Morgan fingerprint density at radius 3 is 2.29 bits per heavy atom. The molecule has 0 amide bonds. The first-order chi connectivity index (χ1) is 13.5. The van der Waals surface area contributed by atoms with Crippen molar-refractivity contribution in [1.29, 1.82) is 0 Å². The molecule has 0 heterocycles. The molecule has 28 heavy (non-hydrogen) atoms. The van der Waals surface area contributed by atoms with E-state index in [1.54, 1.807) is 18.2 Å². The summed E-state index contributed by atoms with van der Waals surface area (Å²) in [6, 6.07) is 22.2. The minimum atomic E-state index is -3.28. The molecule has 5 nitrogen and oxygen atoms in total. The Kier molecular flexibility index (Phi) is 6.34. The zero-order chi connectivity index (χ0) is 20.0. The van der Waals surface area contributed by atoms with Crippen LogP contribution in [0.4, 0.5) is 0 Å². The van der Waals surface area contributed by atoms with E-state index in [1.807, 2.05) is 54.6 Å². The van der Waals surface area contributed by atoms with Crippen molar-refractivity contribution in [1.82, 2.24) is 0 Å². The molecular formula is C22H23NO4S. The van der Waals surface area contributed by atoms with Gasteiger partial charge in [0.05, 0.1) is 4.90 Å². The number of benzene rings is 3. The second kappa shape index (κ2) is 8.91. The Bertz CT molecular complexity index is 1030. The smallest absolute Gasteiger partial charge is 0.175 e. The fourth-order valence-electron chi connectivity index (χ4n) is 2.73. The molecule has 0 aromatic heterocycles. The Hall–Kier alpha value is -2.83. The lowest BCUT2D eigenvalue weighted by molar-refractivity contribution is 0.266. The van der Waals surface area contributed by atoms with Gasteiger partial charge in [0, 0.05) is 12.8 Å². The molecule has 0 radical (unpaired) electrons. The lowest BCUT2D eigenvalue weighted by Crippen LogP contribution is -2.11. The Balaban J connectivity index is 1.93. The third kappa shape index (κ3) is 5.12. The molecule has 146 valence electrons. The molecule has 0 fully saturated rings. The van der Waals surface area contributed by atoms with Crippen molar-refractivity contribution in [2.24, 2.45) is 5.73 Å². The molecule has 3 rings (SSSR count). The number of sulfone groups is 1. The van der Waals surface area contributed by atoms with Crippen molar-refractivity contribution in [2.45, 2.75) is 11.5 Å². The van der Waals surface area contributed by atoms with Gasteiger partial charge >= 0.3 is 0 Å². The van der Waals surface area contributed by atoms with E-state index in [-0.39, 0.29) is 4.90 Å². The molecule has 3 aromatic rings.